The number of aromatic nitrogens is 4. The molecule has 0 saturated carbocycles. The van der Waals surface area contributed by atoms with Crippen molar-refractivity contribution in [3.05, 3.63) is 12.5 Å². The van der Waals surface area contributed by atoms with Gasteiger partial charge in [-0.15, -0.1) is 12.8 Å². The van der Waals surface area contributed by atoms with Gasteiger partial charge in [0.15, 0.2) is 5.65 Å². The maximum Gasteiger partial charge on any atom is 0.163 e. The Bertz CT molecular complexity index is 588. The van der Waals surface area contributed by atoms with E-state index in [0.29, 0.717) is 12.3 Å². The van der Waals surface area contributed by atoms with Crippen LogP contribution in [0.5, 0.6) is 0 Å². The van der Waals surface area contributed by atoms with Crippen LogP contribution < -0.4 is 0 Å². The van der Waals surface area contributed by atoms with Gasteiger partial charge in [0, 0.05) is 0 Å². The van der Waals surface area contributed by atoms with E-state index in [4.69, 9.17) is 12.8 Å². The van der Waals surface area contributed by atoms with Gasteiger partial charge < -0.3 is 0 Å². The number of hydrogen-bond acceptors (Lipinski definition) is 4. The monoisotopic (exact) mass is 228 g/mol. The van der Waals surface area contributed by atoms with E-state index in [9.17, 15) is 0 Å². The van der Waals surface area contributed by atoms with E-state index in [1.807, 2.05) is 0 Å². The smallest absolute Gasteiger partial charge is 0.163 e. The van der Waals surface area contributed by atoms with Crippen LogP contribution in [0, 0.1) is 24.7 Å². The molecule has 0 N–H and O–H groups in total. The van der Waals surface area contributed by atoms with Crippen molar-refractivity contribution in [2.24, 2.45) is 0 Å². The fourth-order valence-electron chi connectivity index (χ4n) is 1.30. The molecule has 0 spiro atoms. The topological polar surface area (TPSA) is 43.6 Å². The summed E-state index contributed by atoms with van der Waals surface area (Å²) >= 11 is 1.49. The van der Waals surface area contributed by atoms with E-state index in [1.54, 1.807) is 10.9 Å². The average molecular weight is 228 g/mol. The van der Waals surface area contributed by atoms with Crippen molar-refractivity contribution >= 4 is 22.8 Å². The number of nitrogens with zero attached hydrogens (tertiary/aromatic N) is 4. The second-order valence-electron chi connectivity index (χ2n) is 2.92. The number of hydrogen-bond donors (Lipinski definition) is 0. The Morgan fingerprint density at radius 1 is 1.31 bits per heavy atom. The van der Waals surface area contributed by atoms with E-state index in [-0.39, 0.29) is 0 Å². The van der Waals surface area contributed by atoms with Gasteiger partial charge in [0.1, 0.15) is 17.9 Å². The van der Waals surface area contributed by atoms with Crippen LogP contribution in [0.3, 0.4) is 0 Å². The number of fused-ring (bicyclic) bond motifs is 1. The summed E-state index contributed by atoms with van der Waals surface area (Å²) in [7, 11) is 0. The van der Waals surface area contributed by atoms with Gasteiger partial charge in [-0.3, -0.25) is 0 Å². The van der Waals surface area contributed by atoms with Crippen molar-refractivity contribution in [2.75, 3.05) is 5.75 Å². The standard InChI is InChI=1S/C11H8N4S/c1-3-5-15-10-9(7-14-15)11(13-8-12-10)16-6-4-2/h1-2,7-8H,5-6H2. The second kappa shape index (κ2) is 4.69. The minimum Gasteiger partial charge on any atom is -0.235 e. The minimum atomic E-state index is 0.403. The molecule has 0 unspecified atom stereocenters. The summed E-state index contributed by atoms with van der Waals surface area (Å²) < 4.78 is 1.66. The molecule has 0 saturated heterocycles. The zero-order valence-electron chi connectivity index (χ0n) is 8.42. The van der Waals surface area contributed by atoms with Crippen molar-refractivity contribution < 1.29 is 0 Å². The van der Waals surface area contributed by atoms with Crippen LogP contribution in [0.15, 0.2) is 17.6 Å². The summed E-state index contributed by atoms with van der Waals surface area (Å²) in [5, 5.41) is 5.89. The first-order chi connectivity index (χ1) is 7.86. The molecule has 0 amide bonds. The molecule has 0 aliphatic rings. The minimum absolute atomic E-state index is 0.403. The SMILES string of the molecule is C#CCSc1ncnc2c1cnn2CC#C. The van der Waals surface area contributed by atoms with Crippen LogP contribution in [0.4, 0.5) is 0 Å². The predicted octanol–water partition coefficient (Wildman–Crippen LogP) is 1.18. The zero-order chi connectivity index (χ0) is 11.4. The molecule has 4 nitrogen and oxygen atoms in total. The Labute approximate surface area is 97.5 Å². The molecule has 2 aromatic rings. The maximum absolute atomic E-state index is 5.24. The van der Waals surface area contributed by atoms with Crippen molar-refractivity contribution in [2.45, 2.75) is 11.6 Å². The third-order valence-corrected chi connectivity index (χ3v) is 2.84. The largest absolute Gasteiger partial charge is 0.235 e. The molecule has 5 heteroatoms. The van der Waals surface area contributed by atoms with Gasteiger partial charge in [-0.05, 0) is 0 Å². The Balaban J connectivity index is 2.46. The van der Waals surface area contributed by atoms with Crippen LogP contribution in [-0.4, -0.2) is 25.5 Å². The molecular formula is C11H8N4S. The van der Waals surface area contributed by atoms with Gasteiger partial charge in [0.05, 0.1) is 17.3 Å². The van der Waals surface area contributed by atoms with Gasteiger partial charge in [-0.2, -0.15) is 5.10 Å². The highest BCUT2D eigenvalue weighted by molar-refractivity contribution is 7.99. The quantitative estimate of drug-likeness (QED) is 0.449. The van der Waals surface area contributed by atoms with Gasteiger partial charge in [0.25, 0.3) is 0 Å². The number of terminal acetylenes is 2. The third-order valence-electron chi connectivity index (χ3n) is 1.93. The first-order valence-corrected chi connectivity index (χ1v) is 5.51. The molecule has 0 bridgehead atoms. The Morgan fingerprint density at radius 3 is 2.94 bits per heavy atom. The molecule has 2 heterocycles. The van der Waals surface area contributed by atoms with Crippen molar-refractivity contribution in [3.63, 3.8) is 0 Å². The summed E-state index contributed by atoms with van der Waals surface area (Å²) in [6, 6.07) is 0. The van der Waals surface area contributed by atoms with Crippen LogP contribution in [0.2, 0.25) is 0 Å². The molecular weight excluding hydrogens is 220 g/mol. The lowest BCUT2D eigenvalue weighted by Crippen LogP contribution is -1.99. The first kappa shape index (κ1) is 10.5. The normalized spacial score (nSPS) is 9.88. The second-order valence-corrected chi connectivity index (χ2v) is 3.88. The predicted molar refractivity (Wildman–Crippen MR) is 63.7 cm³/mol. The number of rotatable bonds is 3. The zero-order valence-corrected chi connectivity index (χ0v) is 9.24. The molecule has 0 aliphatic heterocycles. The van der Waals surface area contributed by atoms with Gasteiger partial charge in [-0.1, -0.05) is 23.6 Å². The highest BCUT2D eigenvalue weighted by Crippen LogP contribution is 2.23. The fourth-order valence-corrected chi connectivity index (χ4v) is 1.94. The Hall–Kier alpha value is -1.98. The van der Waals surface area contributed by atoms with Crippen LogP contribution in [-0.2, 0) is 6.54 Å². The van der Waals surface area contributed by atoms with E-state index in [0.717, 1.165) is 16.1 Å². The summed E-state index contributed by atoms with van der Waals surface area (Å²) in [6.45, 7) is 0.403. The molecule has 2 rings (SSSR count). The maximum atomic E-state index is 5.24. The fraction of sp³-hybridized carbons (Fsp3) is 0.182. The summed E-state index contributed by atoms with van der Waals surface area (Å²) in [4.78, 5) is 8.33. The molecule has 16 heavy (non-hydrogen) atoms. The van der Waals surface area contributed by atoms with Crippen molar-refractivity contribution in [1.82, 2.24) is 19.7 Å². The molecule has 0 radical (unpaired) electrons. The highest BCUT2D eigenvalue weighted by Gasteiger charge is 2.08. The Kier molecular flexibility index (Phi) is 3.09. The summed E-state index contributed by atoms with van der Waals surface area (Å²) in [5.41, 5.74) is 0.743. The molecule has 0 aliphatic carbocycles. The van der Waals surface area contributed by atoms with E-state index < -0.39 is 0 Å². The van der Waals surface area contributed by atoms with E-state index in [2.05, 4.69) is 26.9 Å². The van der Waals surface area contributed by atoms with Gasteiger partial charge >= 0.3 is 0 Å². The molecule has 0 aromatic carbocycles. The van der Waals surface area contributed by atoms with E-state index >= 15 is 0 Å². The molecule has 0 fully saturated rings. The molecule has 0 atom stereocenters. The van der Waals surface area contributed by atoms with Crippen LogP contribution in [0.1, 0.15) is 0 Å². The van der Waals surface area contributed by atoms with Crippen molar-refractivity contribution in [1.29, 1.82) is 0 Å². The summed E-state index contributed by atoms with van der Waals surface area (Å²) in [5.74, 6) is 5.66. The molecule has 78 valence electrons. The lowest BCUT2D eigenvalue weighted by Gasteiger charge is -1.99. The third kappa shape index (κ3) is 1.86. The number of thioether (sulfide) groups is 1. The Morgan fingerprint density at radius 2 is 2.19 bits per heavy atom. The van der Waals surface area contributed by atoms with Crippen LogP contribution in [0.25, 0.3) is 11.0 Å². The lowest BCUT2D eigenvalue weighted by atomic mass is 10.4. The van der Waals surface area contributed by atoms with Gasteiger partial charge in [0.2, 0.25) is 0 Å². The first-order valence-electron chi connectivity index (χ1n) is 4.53. The highest BCUT2D eigenvalue weighted by atomic mass is 32.2. The van der Waals surface area contributed by atoms with Crippen LogP contribution >= 0.6 is 11.8 Å². The summed E-state index contributed by atoms with van der Waals surface area (Å²) in [6.07, 6.45) is 13.7. The molecule has 2 aromatic heterocycles. The van der Waals surface area contributed by atoms with E-state index in [1.165, 1.54) is 18.1 Å². The lowest BCUT2D eigenvalue weighted by molar-refractivity contribution is 0.732. The average Bonchev–Trinajstić information content (AvgIpc) is 2.71. The van der Waals surface area contributed by atoms with Gasteiger partial charge in [-0.25, -0.2) is 14.6 Å². The van der Waals surface area contributed by atoms with Crippen molar-refractivity contribution in [3.8, 4) is 24.7 Å².